The van der Waals surface area contributed by atoms with E-state index >= 15 is 0 Å². The largest absolute Gasteiger partial charge is 0.335 e. The minimum atomic E-state index is -0.136. The molecule has 5 nitrogen and oxygen atoms in total. The first-order valence-corrected chi connectivity index (χ1v) is 9.58. The molecule has 2 N–H and O–H groups in total. The third kappa shape index (κ3) is 3.00. The van der Waals surface area contributed by atoms with Gasteiger partial charge in [0.25, 0.3) is 0 Å². The molecule has 6 heteroatoms. The zero-order valence-electron chi connectivity index (χ0n) is 14.0. The van der Waals surface area contributed by atoms with E-state index in [4.69, 9.17) is 0 Å². The molecule has 0 atom stereocenters. The van der Waals surface area contributed by atoms with Crippen LogP contribution in [0, 0.1) is 0 Å². The van der Waals surface area contributed by atoms with E-state index < -0.39 is 0 Å². The molecule has 2 aliphatic rings. The number of aromatic nitrogens is 1. The van der Waals surface area contributed by atoms with Crippen molar-refractivity contribution in [2.24, 2.45) is 0 Å². The molecule has 0 unspecified atom stereocenters. The van der Waals surface area contributed by atoms with Gasteiger partial charge in [0, 0.05) is 17.0 Å². The average Bonchev–Trinajstić information content (AvgIpc) is 2.91. The number of urea groups is 1. The summed E-state index contributed by atoms with van der Waals surface area (Å²) >= 11 is 1.42. The molecule has 128 valence electrons. The summed E-state index contributed by atoms with van der Waals surface area (Å²) in [6.45, 7) is 4.86. The Labute approximate surface area is 146 Å². The van der Waals surface area contributed by atoms with Crippen molar-refractivity contribution in [2.75, 3.05) is 18.4 Å². The SMILES string of the molecule is CC1(N2CCC2)CCC(NC(=O)Nc2nsc3ccccc23)CC1. The third-order valence-electron chi connectivity index (χ3n) is 5.63. The fourth-order valence-electron chi connectivity index (χ4n) is 3.86. The average molecular weight is 344 g/mol. The maximum Gasteiger partial charge on any atom is 0.320 e. The van der Waals surface area contributed by atoms with E-state index in [2.05, 4.69) is 26.8 Å². The highest BCUT2D eigenvalue weighted by Crippen LogP contribution is 2.36. The molecule has 4 rings (SSSR count). The molecule has 2 fully saturated rings. The minimum absolute atomic E-state index is 0.136. The normalized spacial score (nSPS) is 27.6. The van der Waals surface area contributed by atoms with Crippen LogP contribution in [0.25, 0.3) is 10.1 Å². The topological polar surface area (TPSA) is 57.3 Å². The predicted octanol–water partition coefficient (Wildman–Crippen LogP) is 3.82. The Kier molecular flexibility index (Phi) is 4.18. The molecule has 0 radical (unpaired) electrons. The first-order chi connectivity index (χ1) is 11.6. The van der Waals surface area contributed by atoms with Crippen molar-refractivity contribution in [3.63, 3.8) is 0 Å². The molecule has 1 aromatic heterocycles. The standard InChI is InChI=1S/C18H24N4OS/c1-18(22-11-4-12-22)9-7-13(8-10-18)19-17(23)20-16-14-5-2-3-6-15(14)24-21-16/h2-3,5-6,13H,4,7-12H2,1H3,(H2,19,20,21,23). The summed E-state index contributed by atoms with van der Waals surface area (Å²) in [4.78, 5) is 14.9. The van der Waals surface area contributed by atoms with Crippen molar-refractivity contribution >= 4 is 33.5 Å². The Balaban J connectivity index is 1.32. The number of carbonyl (C=O) groups excluding carboxylic acids is 1. The van der Waals surface area contributed by atoms with Gasteiger partial charge in [0.1, 0.15) is 0 Å². The van der Waals surface area contributed by atoms with Gasteiger partial charge in [-0.25, -0.2) is 4.79 Å². The number of anilines is 1. The summed E-state index contributed by atoms with van der Waals surface area (Å²) in [6.07, 6.45) is 5.77. The van der Waals surface area contributed by atoms with Crippen LogP contribution in [0.2, 0.25) is 0 Å². The maximum atomic E-state index is 12.3. The van der Waals surface area contributed by atoms with Crippen LogP contribution in [0.15, 0.2) is 24.3 Å². The number of hydrogen-bond acceptors (Lipinski definition) is 4. The van der Waals surface area contributed by atoms with Crippen LogP contribution in [0.3, 0.4) is 0 Å². The Hall–Kier alpha value is -1.66. The van der Waals surface area contributed by atoms with Gasteiger partial charge >= 0.3 is 6.03 Å². The summed E-state index contributed by atoms with van der Waals surface area (Å²) in [6, 6.07) is 8.10. The molecule has 1 saturated heterocycles. The lowest BCUT2D eigenvalue weighted by Gasteiger charge is -2.50. The number of likely N-dealkylation sites (tertiary alicyclic amines) is 1. The minimum Gasteiger partial charge on any atom is -0.335 e. The van der Waals surface area contributed by atoms with Gasteiger partial charge in [-0.1, -0.05) is 12.1 Å². The second-order valence-corrected chi connectivity index (χ2v) is 8.04. The lowest BCUT2D eigenvalue weighted by molar-refractivity contribution is 0.00963. The van der Waals surface area contributed by atoms with Crippen molar-refractivity contribution < 1.29 is 4.79 Å². The van der Waals surface area contributed by atoms with Crippen LogP contribution in [0.5, 0.6) is 0 Å². The molecule has 2 amide bonds. The molecule has 1 aliphatic heterocycles. The summed E-state index contributed by atoms with van der Waals surface area (Å²) in [5, 5.41) is 7.05. The van der Waals surface area contributed by atoms with E-state index in [0.717, 1.165) is 35.8 Å². The van der Waals surface area contributed by atoms with Gasteiger partial charge in [-0.15, -0.1) is 0 Å². The monoisotopic (exact) mass is 344 g/mol. The number of amides is 2. The molecule has 2 aromatic rings. The number of rotatable bonds is 3. The summed E-state index contributed by atoms with van der Waals surface area (Å²) in [7, 11) is 0. The van der Waals surface area contributed by atoms with E-state index in [1.165, 1.54) is 31.0 Å². The third-order valence-corrected chi connectivity index (χ3v) is 6.45. The van der Waals surface area contributed by atoms with Crippen LogP contribution in [0.4, 0.5) is 10.6 Å². The van der Waals surface area contributed by atoms with Crippen LogP contribution in [-0.4, -0.2) is 40.0 Å². The summed E-state index contributed by atoms with van der Waals surface area (Å²) in [5.41, 5.74) is 0.345. The Morgan fingerprint density at radius 3 is 2.75 bits per heavy atom. The molecule has 24 heavy (non-hydrogen) atoms. The highest BCUT2D eigenvalue weighted by atomic mass is 32.1. The highest BCUT2D eigenvalue weighted by molar-refractivity contribution is 7.13. The first kappa shape index (κ1) is 15.8. The number of benzene rings is 1. The highest BCUT2D eigenvalue weighted by Gasteiger charge is 2.38. The van der Waals surface area contributed by atoms with Crippen LogP contribution in [-0.2, 0) is 0 Å². The van der Waals surface area contributed by atoms with Gasteiger partial charge in [-0.05, 0) is 75.8 Å². The van der Waals surface area contributed by atoms with Crippen molar-refractivity contribution in [1.82, 2.24) is 14.6 Å². The quantitative estimate of drug-likeness (QED) is 0.890. The van der Waals surface area contributed by atoms with Gasteiger partial charge in [-0.2, -0.15) is 4.37 Å². The predicted molar refractivity (Wildman–Crippen MR) is 98.6 cm³/mol. The van der Waals surface area contributed by atoms with Crippen molar-refractivity contribution in [3.8, 4) is 0 Å². The molecular weight excluding hydrogens is 320 g/mol. The van der Waals surface area contributed by atoms with E-state index in [1.54, 1.807) is 0 Å². The lowest BCUT2D eigenvalue weighted by atomic mass is 9.78. The Bertz CT molecular complexity index is 731. The van der Waals surface area contributed by atoms with Gasteiger partial charge in [0.05, 0.1) is 4.70 Å². The van der Waals surface area contributed by atoms with E-state index in [-0.39, 0.29) is 12.1 Å². The zero-order chi connectivity index (χ0) is 16.6. The van der Waals surface area contributed by atoms with E-state index in [1.807, 2.05) is 24.3 Å². The smallest absolute Gasteiger partial charge is 0.320 e. The Morgan fingerprint density at radius 1 is 1.29 bits per heavy atom. The number of nitrogens with zero attached hydrogens (tertiary/aromatic N) is 2. The van der Waals surface area contributed by atoms with Crippen LogP contribution < -0.4 is 10.6 Å². The first-order valence-electron chi connectivity index (χ1n) is 8.81. The summed E-state index contributed by atoms with van der Waals surface area (Å²) < 4.78 is 5.45. The maximum absolute atomic E-state index is 12.3. The molecule has 0 spiro atoms. The van der Waals surface area contributed by atoms with Crippen molar-refractivity contribution in [2.45, 2.75) is 50.6 Å². The molecule has 1 aliphatic carbocycles. The van der Waals surface area contributed by atoms with Crippen molar-refractivity contribution in [3.05, 3.63) is 24.3 Å². The molecule has 1 saturated carbocycles. The van der Waals surface area contributed by atoms with E-state index in [9.17, 15) is 4.79 Å². The Morgan fingerprint density at radius 2 is 2.04 bits per heavy atom. The lowest BCUT2D eigenvalue weighted by Crippen LogP contribution is -2.56. The second kappa shape index (κ2) is 6.33. The van der Waals surface area contributed by atoms with Crippen LogP contribution in [0.1, 0.15) is 39.0 Å². The molecule has 1 aromatic carbocycles. The fraction of sp³-hybridized carbons (Fsp3) is 0.556. The van der Waals surface area contributed by atoms with Gasteiger partial charge in [0.2, 0.25) is 0 Å². The number of hydrogen-bond donors (Lipinski definition) is 2. The van der Waals surface area contributed by atoms with Crippen LogP contribution >= 0.6 is 11.5 Å². The van der Waals surface area contributed by atoms with Crippen molar-refractivity contribution in [1.29, 1.82) is 0 Å². The van der Waals surface area contributed by atoms with Gasteiger partial charge < -0.3 is 5.32 Å². The fourth-order valence-corrected chi connectivity index (χ4v) is 4.60. The number of fused-ring (bicyclic) bond motifs is 1. The van der Waals surface area contributed by atoms with Gasteiger partial charge in [0.15, 0.2) is 5.82 Å². The summed E-state index contributed by atoms with van der Waals surface area (Å²) in [5.74, 6) is 0.661. The zero-order valence-corrected chi connectivity index (χ0v) is 14.9. The number of carbonyl (C=O) groups is 1. The van der Waals surface area contributed by atoms with Gasteiger partial charge in [-0.3, -0.25) is 10.2 Å². The second-order valence-electron chi connectivity index (χ2n) is 7.24. The number of nitrogens with one attached hydrogen (secondary N) is 2. The van der Waals surface area contributed by atoms with E-state index in [0.29, 0.717) is 11.4 Å². The molecule has 2 heterocycles. The molecular formula is C18H24N4OS. The molecule has 0 bridgehead atoms.